The Hall–Kier alpha value is 1.94. The molecule has 6 N–H and O–H groups in total. The zero-order chi connectivity index (χ0) is 0. The molecule has 0 aliphatic rings. The third-order valence-electron chi connectivity index (χ3n) is 0. The van der Waals surface area contributed by atoms with Crippen LogP contribution in [0.4, 0.5) is 0 Å². The van der Waals surface area contributed by atoms with Crippen molar-refractivity contribution in [1.82, 2.24) is 0 Å². The van der Waals surface area contributed by atoms with E-state index < -0.39 is 0 Å². The van der Waals surface area contributed by atoms with Crippen LogP contribution in [-0.4, -0.2) is 61.9 Å². The maximum absolute atomic E-state index is 0. The fourth-order valence-corrected chi connectivity index (χ4v) is 0. The van der Waals surface area contributed by atoms with Gasteiger partial charge in [-0.15, -0.1) is 0 Å². The Morgan fingerprint density at radius 1 is 0.500 bits per heavy atom. The fraction of sp³-hybridized carbons (Fsp3) is 0. The van der Waals surface area contributed by atoms with Gasteiger partial charge in [0.05, 0.1) is 0 Å². The first kappa shape index (κ1) is 102. The molecule has 6 heavy (non-hydrogen) atoms. The second kappa shape index (κ2) is 65.0. The zero-order valence-corrected chi connectivity index (χ0v) is 7.95. The van der Waals surface area contributed by atoms with Crippen molar-refractivity contribution in [3.05, 3.63) is 0 Å². The number of rotatable bonds is 0. The normalized spacial score (nSPS) is 0. The van der Waals surface area contributed by atoms with Crippen LogP contribution >= 0.6 is 0 Å². The number of hydrogen-bond donors (Lipinski definition) is 0. The molecule has 6 heteroatoms. The Balaban J connectivity index is 0. The van der Waals surface area contributed by atoms with Crippen LogP contribution in [0.3, 0.4) is 0 Å². The predicted octanol–water partition coefficient (Wildman–Crippen LogP) is -8.85. The minimum atomic E-state index is 0. The van der Waals surface area contributed by atoms with Crippen molar-refractivity contribution in [1.29, 1.82) is 0 Å². The number of hydrogen-bond acceptors (Lipinski definition) is 0. The third kappa shape index (κ3) is 38.5. The summed E-state index contributed by atoms with van der Waals surface area (Å²) in [5.41, 5.74) is 0. The molecular formula is H6Cl2O3Sr. The van der Waals surface area contributed by atoms with E-state index in [0.29, 0.717) is 0 Å². The van der Waals surface area contributed by atoms with Crippen LogP contribution in [0.25, 0.3) is 0 Å². The maximum Gasteiger partial charge on any atom is 2.00 e. The van der Waals surface area contributed by atoms with Gasteiger partial charge in [0.15, 0.2) is 0 Å². The van der Waals surface area contributed by atoms with Crippen molar-refractivity contribution < 1.29 is 41.2 Å². The fourth-order valence-electron chi connectivity index (χ4n) is 0. The maximum atomic E-state index is 0. The van der Waals surface area contributed by atoms with Gasteiger partial charge in [-0.2, -0.15) is 0 Å². The molecule has 0 rings (SSSR count). The van der Waals surface area contributed by atoms with Crippen molar-refractivity contribution in [2.75, 3.05) is 0 Å². The van der Waals surface area contributed by atoms with Gasteiger partial charge in [-0.1, -0.05) is 0 Å². The largest absolute Gasteiger partial charge is 2.00 e. The molecular weight excluding hydrogens is 207 g/mol. The quantitative estimate of drug-likeness (QED) is 0.357. The first-order valence-corrected chi connectivity index (χ1v) is 0. The van der Waals surface area contributed by atoms with Crippen LogP contribution in [0.15, 0.2) is 0 Å². The average molecular weight is 213 g/mol. The molecule has 0 atom stereocenters. The minimum absolute atomic E-state index is 0. The molecule has 0 spiro atoms. The topological polar surface area (TPSA) is 94.5 Å². The summed E-state index contributed by atoms with van der Waals surface area (Å²) >= 11 is 0. The van der Waals surface area contributed by atoms with Crippen LogP contribution in [0, 0.1) is 0 Å². The van der Waals surface area contributed by atoms with Gasteiger partial charge in [0.1, 0.15) is 0 Å². The van der Waals surface area contributed by atoms with Crippen molar-refractivity contribution in [2.45, 2.75) is 0 Å². The Morgan fingerprint density at radius 3 is 0.500 bits per heavy atom. The molecule has 0 saturated carbocycles. The second-order valence-electron chi connectivity index (χ2n) is 0. The monoisotopic (exact) mass is 212 g/mol. The van der Waals surface area contributed by atoms with Crippen molar-refractivity contribution in [3.63, 3.8) is 0 Å². The Bertz CT molecular complexity index is 8.75. The molecule has 0 aliphatic carbocycles. The van der Waals surface area contributed by atoms with Gasteiger partial charge < -0.3 is 41.2 Å². The SMILES string of the molecule is O.O.O.[Cl-].[Cl-].[Sr+2]. The van der Waals surface area contributed by atoms with Gasteiger partial charge in [-0.05, 0) is 0 Å². The van der Waals surface area contributed by atoms with E-state index in [1.807, 2.05) is 0 Å². The van der Waals surface area contributed by atoms with Crippen LogP contribution < -0.4 is 24.8 Å². The number of halogens is 2. The van der Waals surface area contributed by atoms with Crippen molar-refractivity contribution >= 4 is 45.5 Å². The average Bonchev–Trinajstić information content (AvgIpc) is 0. The van der Waals surface area contributed by atoms with Crippen molar-refractivity contribution in [3.8, 4) is 0 Å². The van der Waals surface area contributed by atoms with Crippen LogP contribution in [0.2, 0.25) is 0 Å². The second-order valence-corrected chi connectivity index (χ2v) is 0. The molecule has 0 fully saturated rings. The molecule has 0 bridgehead atoms. The molecule has 40 valence electrons. The molecule has 0 aliphatic heterocycles. The van der Waals surface area contributed by atoms with E-state index >= 15 is 0 Å². The predicted molar refractivity (Wildman–Crippen MR) is 16.6 cm³/mol. The molecule has 0 amide bonds. The van der Waals surface area contributed by atoms with Gasteiger partial charge in [0, 0.05) is 0 Å². The van der Waals surface area contributed by atoms with E-state index in [-0.39, 0.29) is 86.7 Å². The molecule has 0 unspecified atom stereocenters. The summed E-state index contributed by atoms with van der Waals surface area (Å²) in [5, 5.41) is 0. The third-order valence-corrected chi connectivity index (χ3v) is 0. The summed E-state index contributed by atoms with van der Waals surface area (Å²) in [5.74, 6) is 0. The van der Waals surface area contributed by atoms with E-state index in [0.717, 1.165) is 0 Å². The first-order valence-electron chi connectivity index (χ1n) is 0. The minimum Gasteiger partial charge on any atom is -1.00 e. The summed E-state index contributed by atoms with van der Waals surface area (Å²) in [6, 6.07) is 0. The molecule has 0 radical (unpaired) electrons. The molecule has 0 saturated heterocycles. The summed E-state index contributed by atoms with van der Waals surface area (Å²) in [6.45, 7) is 0. The molecule has 0 aromatic carbocycles. The van der Waals surface area contributed by atoms with Crippen LogP contribution in [-0.2, 0) is 0 Å². The van der Waals surface area contributed by atoms with Crippen LogP contribution in [0.5, 0.6) is 0 Å². The van der Waals surface area contributed by atoms with Gasteiger partial charge in [0.2, 0.25) is 0 Å². The summed E-state index contributed by atoms with van der Waals surface area (Å²) in [4.78, 5) is 0. The Labute approximate surface area is 85.5 Å². The van der Waals surface area contributed by atoms with E-state index in [2.05, 4.69) is 0 Å². The molecule has 0 aromatic rings. The van der Waals surface area contributed by atoms with E-state index in [1.165, 1.54) is 0 Å². The van der Waals surface area contributed by atoms with Gasteiger partial charge in [0.25, 0.3) is 0 Å². The summed E-state index contributed by atoms with van der Waals surface area (Å²) in [7, 11) is 0. The van der Waals surface area contributed by atoms with E-state index in [1.54, 1.807) is 0 Å². The van der Waals surface area contributed by atoms with Gasteiger partial charge in [-0.3, -0.25) is 0 Å². The summed E-state index contributed by atoms with van der Waals surface area (Å²) < 4.78 is 0. The standard InChI is InChI=1S/2ClH.3H2O.Sr/h2*1H;3*1H2;/q;;;;;+2/p-2. The smallest absolute Gasteiger partial charge is 1.00 e. The van der Waals surface area contributed by atoms with Gasteiger partial charge in [-0.25, -0.2) is 0 Å². The van der Waals surface area contributed by atoms with Crippen LogP contribution in [0.1, 0.15) is 0 Å². The zero-order valence-electron chi connectivity index (χ0n) is 2.96. The summed E-state index contributed by atoms with van der Waals surface area (Å²) in [6.07, 6.45) is 0. The molecule has 3 nitrogen and oxygen atoms in total. The van der Waals surface area contributed by atoms with Gasteiger partial charge >= 0.3 is 45.5 Å². The Morgan fingerprint density at radius 2 is 0.500 bits per heavy atom. The van der Waals surface area contributed by atoms with Crippen molar-refractivity contribution in [2.24, 2.45) is 0 Å². The van der Waals surface area contributed by atoms with E-state index in [9.17, 15) is 0 Å². The Kier molecular flexibility index (Phi) is 1100. The molecule has 0 heterocycles. The van der Waals surface area contributed by atoms with E-state index in [4.69, 9.17) is 0 Å². The molecule has 0 aromatic heterocycles. The first-order chi connectivity index (χ1) is 0.